The first kappa shape index (κ1) is 5.88. The maximum atomic E-state index is 4.34. The van der Waals surface area contributed by atoms with E-state index in [1.807, 2.05) is 12.3 Å². The Hall–Kier alpha value is -1.71. The molecule has 2 bridgehead atoms. The molecule has 0 aromatic carbocycles. The highest BCUT2D eigenvalue weighted by Crippen LogP contribution is 2.31. The third kappa shape index (κ3) is 0.637. The first-order chi connectivity index (χ1) is 5.93. The van der Waals surface area contributed by atoms with Gasteiger partial charge in [-0.25, -0.2) is 15.0 Å². The van der Waals surface area contributed by atoms with E-state index in [1.54, 1.807) is 6.20 Å². The summed E-state index contributed by atoms with van der Waals surface area (Å²) in [4.78, 5) is 14.5. The number of aromatic nitrogens is 2. The van der Waals surface area contributed by atoms with E-state index < -0.39 is 0 Å². The molecule has 0 unspecified atom stereocenters. The van der Waals surface area contributed by atoms with Crippen LogP contribution in [-0.4, -0.2) is 22.2 Å². The molecule has 0 aliphatic carbocycles. The van der Waals surface area contributed by atoms with E-state index >= 15 is 0 Å². The zero-order chi connectivity index (χ0) is 7.97. The summed E-state index contributed by atoms with van der Waals surface area (Å²) in [6, 6.07) is 0. The highest BCUT2D eigenvalue weighted by Gasteiger charge is 2.21. The van der Waals surface area contributed by atoms with Crippen molar-refractivity contribution in [2.24, 2.45) is 4.99 Å². The van der Waals surface area contributed by atoms with Crippen molar-refractivity contribution in [2.45, 2.75) is 0 Å². The SMILES string of the molecule is C1=CN2CC1=Nc1ncncc12. The lowest BCUT2D eigenvalue weighted by molar-refractivity contribution is 1.05. The Bertz CT molecular complexity index is 394. The van der Waals surface area contributed by atoms with Crippen molar-refractivity contribution in [2.75, 3.05) is 11.4 Å². The largest absolute Gasteiger partial charge is 0.338 e. The lowest BCUT2D eigenvalue weighted by atomic mass is 10.3. The summed E-state index contributed by atoms with van der Waals surface area (Å²) in [7, 11) is 0. The van der Waals surface area contributed by atoms with Gasteiger partial charge in [-0.05, 0) is 6.08 Å². The van der Waals surface area contributed by atoms with Crippen LogP contribution < -0.4 is 4.90 Å². The highest BCUT2D eigenvalue weighted by molar-refractivity contribution is 6.06. The minimum absolute atomic E-state index is 0.774. The van der Waals surface area contributed by atoms with Gasteiger partial charge in [0.05, 0.1) is 18.5 Å². The summed E-state index contributed by atoms with van der Waals surface area (Å²) in [5.41, 5.74) is 2.07. The average molecular weight is 158 g/mol. The summed E-state index contributed by atoms with van der Waals surface area (Å²) in [6.45, 7) is 0.861. The third-order valence-corrected chi connectivity index (χ3v) is 2.01. The summed E-state index contributed by atoms with van der Waals surface area (Å²) >= 11 is 0. The Morgan fingerprint density at radius 3 is 3.42 bits per heavy atom. The molecule has 0 saturated carbocycles. The van der Waals surface area contributed by atoms with Crippen LogP contribution in [0.25, 0.3) is 0 Å². The van der Waals surface area contributed by atoms with E-state index in [0.717, 1.165) is 23.8 Å². The fourth-order valence-electron chi connectivity index (χ4n) is 1.43. The van der Waals surface area contributed by atoms with Crippen LogP contribution in [0.15, 0.2) is 29.8 Å². The molecule has 0 spiro atoms. The molecular weight excluding hydrogens is 152 g/mol. The van der Waals surface area contributed by atoms with E-state index in [2.05, 4.69) is 19.9 Å². The Labute approximate surface area is 69.3 Å². The Balaban J connectivity index is 2.29. The van der Waals surface area contributed by atoms with Gasteiger partial charge in [0, 0.05) is 6.20 Å². The average Bonchev–Trinajstić information content (AvgIpc) is 2.49. The van der Waals surface area contributed by atoms with Gasteiger partial charge in [0.2, 0.25) is 0 Å². The molecule has 0 N–H and O–H groups in total. The first-order valence-electron chi connectivity index (χ1n) is 3.76. The second-order valence-electron chi connectivity index (χ2n) is 2.78. The molecule has 0 fully saturated rings. The molecule has 2 aliphatic heterocycles. The Kier molecular flexibility index (Phi) is 0.935. The van der Waals surface area contributed by atoms with Crippen molar-refractivity contribution in [3.63, 3.8) is 0 Å². The number of anilines is 1. The lowest BCUT2D eigenvalue weighted by Gasteiger charge is -2.19. The second-order valence-corrected chi connectivity index (χ2v) is 2.78. The molecule has 3 heterocycles. The van der Waals surface area contributed by atoms with E-state index in [1.165, 1.54) is 6.33 Å². The van der Waals surface area contributed by atoms with Crippen LogP contribution >= 0.6 is 0 Å². The maximum Gasteiger partial charge on any atom is 0.179 e. The van der Waals surface area contributed by atoms with Crippen molar-refractivity contribution in [3.05, 3.63) is 24.8 Å². The molecule has 58 valence electrons. The van der Waals surface area contributed by atoms with Crippen molar-refractivity contribution in [3.8, 4) is 0 Å². The maximum absolute atomic E-state index is 4.34. The fourth-order valence-corrected chi connectivity index (χ4v) is 1.43. The van der Waals surface area contributed by atoms with Crippen LogP contribution in [0.3, 0.4) is 0 Å². The van der Waals surface area contributed by atoms with E-state index in [0.29, 0.717) is 0 Å². The molecule has 0 saturated heterocycles. The zero-order valence-electron chi connectivity index (χ0n) is 6.31. The minimum Gasteiger partial charge on any atom is -0.338 e. The van der Waals surface area contributed by atoms with Crippen LogP contribution in [0.2, 0.25) is 0 Å². The van der Waals surface area contributed by atoms with Gasteiger partial charge in [-0.15, -0.1) is 0 Å². The van der Waals surface area contributed by atoms with Crippen molar-refractivity contribution >= 4 is 17.2 Å². The topological polar surface area (TPSA) is 41.4 Å². The van der Waals surface area contributed by atoms with Crippen molar-refractivity contribution in [1.82, 2.24) is 9.97 Å². The molecule has 2 aliphatic rings. The second kappa shape index (κ2) is 1.91. The quantitative estimate of drug-likeness (QED) is 0.563. The van der Waals surface area contributed by atoms with E-state index in [9.17, 15) is 0 Å². The van der Waals surface area contributed by atoms with Gasteiger partial charge in [-0.1, -0.05) is 0 Å². The number of aliphatic imine (C=N–C) groups is 1. The van der Waals surface area contributed by atoms with Crippen molar-refractivity contribution < 1.29 is 0 Å². The van der Waals surface area contributed by atoms with Gasteiger partial charge in [0.25, 0.3) is 0 Å². The van der Waals surface area contributed by atoms with E-state index in [-0.39, 0.29) is 0 Å². The van der Waals surface area contributed by atoms with Crippen LogP contribution in [0, 0.1) is 0 Å². The predicted octanol–water partition coefficient (Wildman–Crippen LogP) is 0.896. The van der Waals surface area contributed by atoms with Gasteiger partial charge in [0.1, 0.15) is 12.0 Å². The summed E-state index contributed by atoms with van der Waals surface area (Å²) < 4.78 is 0. The molecule has 0 atom stereocenters. The smallest absolute Gasteiger partial charge is 0.179 e. The molecular formula is C8H6N4. The summed E-state index contributed by atoms with van der Waals surface area (Å²) in [6.07, 6.45) is 7.32. The molecule has 1 aromatic heterocycles. The normalized spacial score (nSPS) is 17.7. The molecule has 12 heavy (non-hydrogen) atoms. The van der Waals surface area contributed by atoms with Gasteiger partial charge in [-0.3, -0.25) is 0 Å². The van der Waals surface area contributed by atoms with Crippen LogP contribution in [0.5, 0.6) is 0 Å². The molecule has 4 heteroatoms. The summed E-state index contributed by atoms with van der Waals surface area (Å²) in [5, 5.41) is 0. The van der Waals surface area contributed by atoms with Crippen LogP contribution in [0.1, 0.15) is 0 Å². The monoisotopic (exact) mass is 158 g/mol. The minimum atomic E-state index is 0.774. The number of rotatable bonds is 0. The van der Waals surface area contributed by atoms with Gasteiger partial charge in [0.15, 0.2) is 5.82 Å². The molecule has 4 nitrogen and oxygen atoms in total. The number of fused-ring (bicyclic) bond motifs is 4. The third-order valence-electron chi connectivity index (χ3n) is 2.01. The van der Waals surface area contributed by atoms with Crippen LogP contribution in [-0.2, 0) is 0 Å². The van der Waals surface area contributed by atoms with Crippen LogP contribution in [0.4, 0.5) is 11.5 Å². The summed E-state index contributed by atoms with van der Waals surface area (Å²) in [5.74, 6) is 0.774. The van der Waals surface area contributed by atoms with Crippen molar-refractivity contribution in [1.29, 1.82) is 0 Å². The predicted molar refractivity (Wildman–Crippen MR) is 45.6 cm³/mol. The molecule has 1 aromatic rings. The Morgan fingerprint density at radius 1 is 1.42 bits per heavy atom. The fraction of sp³-hybridized carbons (Fsp3) is 0.125. The standard InChI is InChI=1S/C8H6N4/c1-2-12-4-6(1)11-8-7(12)3-9-5-10-8/h1-3,5H,4H2. The highest BCUT2D eigenvalue weighted by atomic mass is 15.2. The molecule has 0 amide bonds. The number of hydrogen-bond donors (Lipinski definition) is 0. The number of nitrogens with zero attached hydrogens (tertiary/aromatic N) is 4. The number of hydrogen-bond acceptors (Lipinski definition) is 4. The lowest BCUT2D eigenvalue weighted by Crippen LogP contribution is -2.20. The molecule has 3 rings (SSSR count). The molecule has 0 radical (unpaired) electrons. The zero-order valence-corrected chi connectivity index (χ0v) is 6.31. The van der Waals surface area contributed by atoms with Gasteiger partial charge < -0.3 is 4.90 Å². The van der Waals surface area contributed by atoms with E-state index in [4.69, 9.17) is 0 Å². The van der Waals surface area contributed by atoms with Gasteiger partial charge in [-0.2, -0.15) is 0 Å². The van der Waals surface area contributed by atoms with Gasteiger partial charge >= 0.3 is 0 Å². The Morgan fingerprint density at radius 2 is 2.42 bits per heavy atom. The first-order valence-corrected chi connectivity index (χ1v) is 3.76.